The van der Waals surface area contributed by atoms with E-state index in [0.717, 1.165) is 28.5 Å². The van der Waals surface area contributed by atoms with Gasteiger partial charge in [0.2, 0.25) is 0 Å². The Morgan fingerprint density at radius 3 is 2.78 bits per heavy atom. The highest BCUT2D eigenvalue weighted by Gasteiger charge is 2.21. The Morgan fingerprint density at radius 2 is 1.93 bits per heavy atom. The van der Waals surface area contributed by atoms with E-state index in [0.29, 0.717) is 35.8 Å². The highest BCUT2D eigenvalue weighted by atomic mass is 16.5. The molecule has 1 atom stereocenters. The third-order valence-electron chi connectivity index (χ3n) is 5.04. The highest BCUT2D eigenvalue weighted by molar-refractivity contribution is 5.97. The number of nitrogens with one attached hydrogen (secondary N) is 3. The van der Waals surface area contributed by atoms with E-state index in [1.54, 1.807) is 0 Å². The van der Waals surface area contributed by atoms with Gasteiger partial charge in [-0.3, -0.25) is 4.79 Å². The van der Waals surface area contributed by atoms with E-state index in [-0.39, 0.29) is 11.6 Å². The Kier molecular flexibility index (Phi) is 3.70. The van der Waals surface area contributed by atoms with Gasteiger partial charge in [-0.1, -0.05) is 30.3 Å². The molecule has 27 heavy (non-hydrogen) atoms. The summed E-state index contributed by atoms with van der Waals surface area (Å²) >= 11 is 0. The molecule has 1 aliphatic heterocycles. The fourth-order valence-electron chi connectivity index (χ4n) is 3.72. The van der Waals surface area contributed by atoms with E-state index in [1.807, 2.05) is 42.5 Å². The van der Waals surface area contributed by atoms with Gasteiger partial charge in [-0.25, -0.2) is 4.98 Å². The van der Waals surface area contributed by atoms with Crippen LogP contribution in [0, 0.1) is 0 Å². The van der Waals surface area contributed by atoms with E-state index in [2.05, 4.69) is 15.3 Å². The van der Waals surface area contributed by atoms with Gasteiger partial charge in [-0.15, -0.1) is 0 Å². The Labute approximate surface area is 154 Å². The molecule has 5 rings (SSSR count). The van der Waals surface area contributed by atoms with E-state index in [4.69, 9.17) is 15.5 Å². The van der Waals surface area contributed by atoms with Crippen molar-refractivity contribution in [2.75, 3.05) is 25.5 Å². The molecule has 0 aliphatic carbocycles. The molecule has 0 saturated carbocycles. The summed E-state index contributed by atoms with van der Waals surface area (Å²) in [6.45, 7) is 2.11. The van der Waals surface area contributed by atoms with Gasteiger partial charge in [0.1, 0.15) is 11.4 Å². The molecule has 2 aromatic heterocycles. The number of morpholine rings is 1. The number of hydrogen-bond donors (Lipinski definition) is 4. The fraction of sp³-hybridized carbons (Fsp3) is 0.200. The summed E-state index contributed by atoms with van der Waals surface area (Å²) in [5.74, 6) is 0.471. The molecule has 1 saturated heterocycles. The van der Waals surface area contributed by atoms with E-state index in [1.165, 1.54) is 0 Å². The molecular weight excluding hydrogens is 342 g/mol. The standard InChI is InChI=1S/C20H19N5O2/c21-17-11-4-1-2-6-13(11)24-20(26)16(17)19-23-14-7-3-5-12(18(14)25-19)15-10-27-9-8-22-15/h1-7,15,22H,8-10H2,(H,23,25)(H3,21,24,26). The molecule has 4 aromatic rings. The number of anilines is 1. The van der Waals surface area contributed by atoms with Crippen molar-refractivity contribution in [3.63, 3.8) is 0 Å². The van der Waals surface area contributed by atoms with Crippen LogP contribution in [-0.4, -0.2) is 34.7 Å². The Morgan fingerprint density at radius 1 is 1.07 bits per heavy atom. The maximum atomic E-state index is 12.7. The first-order valence-electron chi connectivity index (χ1n) is 8.93. The fourth-order valence-corrected chi connectivity index (χ4v) is 3.72. The minimum absolute atomic E-state index is 0.0748. The number of aromatic nitrogens is 3. The number of H-pyrrole nitrogens is 2. The number of ether oxygens (including phenoxy) is 1. The molecule has 136 valence electrons. The van der Waals surface area contributed by atoms with Crippen molar-refractivity contribution in [3.05, 3.63) is 58.4 Å². The molecule has 3 heterocycles. The van der Waals surface area contributed by atoms with Gasteiger partial charge >= 0.3 is 0 Å². The van der Waals surface area contributed by atoms with Crippen LogP contribution in [0.4, 0.5) is 5.69 Å². The number of nitrogens with two attached hydrogens (primary N) is 1. The Hall–Kier alpha value is -3.16. The zero-order valence-corrected chi connectivity index (χ0v) is 14.6. The van der Waals surface area contributed by atoms with Crippen LogP contribution in [0.2, 0.25) is 0 Å². The number of imidazole rings is 1. The van der Waals surface area contributed by atoms with Crippen molar-refractivity contribution in [1.82, 2.24) is 20.3 Å². The summed E-state index contributed by atoms with van der Waals surface area (Å²) < 4.78 is 5.59. The molecule has 0 spiro atoms. The van der Waals surface area contributed by atoms with Crippen LogP contribution >= 0.6 is 0 Å². The summed E-state index contributed by atoms with van der Waals surface area (Å²) in [5, 5.41) is 4.25. The van der Waals surface area contributed by atoms with Crippen molar-refractivity contribution in [1.29, 1.82) is 0 Å². The van der Waals surface area contributed by atoms with Crippen molar-refractivity contribution in [3.8, 4) is 11.4 Å². The van der Waals surface area contributed by atoms with Crippen molar-refractivity contribution in [2.24, 2.45) is 0 Å². The highest BCUT2D eigenvalue weighted by Crippen LogP contribution is 2.30. The van der Waals surface area contributed by atoms with Crippen molar-refractivity contribution >= 4 is 27.6 Å². The largest absolute Gasteiger partial charge is 0.397 e. The number of benzene rings is 2. The summed E-state index contributed by atoms with van der Waals surface area (Å²) in [5.41, 5.74) is 10.3. The second-order valence-electron chi connectivity index (χ2n) is 6.70. The Bertz CT molecular complexity index is 1200. The number of para-hydroxylation sites is 2. The number of aromatic amines is 2. The predicted molar refractivity (Wildman–Crippen MR) is 106 cm³/mol. The van der Waals surface area contributed by atoms with Crippen LogP contribution in [0.1, 0.15) is 11.6 Å². The molecular formula is C20H19N5O2. The molecule has 0 amide bonds. The number of pyridine rings is 1. The molecule has 0 radical (unpaired) electrons. The van der Waals surface area contributed by atoms with Crippen LogP contribution in [0.15, 0.2) is 47.3 Å². The average molecular weight is 361 g/mol. The smallest absolute Gasteiger partial charge is 0.261 e. The number of nitrogen functional groups attached to an aromatic ring is 1. The van der Waals surface area contributed by atoms with Gasteiger partial charge in [0.05, 0.1) is 41.5 Å². The van der Waals surface area contributed by atoms with Gasteiger partial charge < -0.3 is 25.8 Å². The van der Waals surface area contributed by atoms with Gasteiger partial charge in [0.15, 0.2) is 0 Å². The lowest BCUT2D eigenvalue weighted by atomic mass is 10.1. The minimum atomic E-state index is -0.258. The lowest BCUT2D eigenvalue weighted by Crippen LogP contribution is -2.34. The zero-order chi connectivity index (χ0) is 18.4. The topological polar surface area (TPSA) is 109 Å². The quantitative estimate of drug-likeness (QED) is 0.438. The monoisotopic (exact) mass is 361 g/mol. The Balaban J connectivity index is 1.70. The number of nitrogens with zero attached hydrogens (tertiary/aromatic N) is 1. The number of hydrogen-bond acceptors (Lipinski definition) is 5. The average Bonchev–Trinajstić information content (AvgIpc) is 3.12. The summed E-state index contributed by atoms with van der Waals surface area (Å²) in [6, 6.07) is 13.5. The summed E-state index contributed by atoms with van der Waals surface area (Å²) in [4.78, 5) is 23.6. The SMILES string of the molecule is Nc1c(-c2nc3c(C4COCCN4)cccc3[nH]2)c(=O)[nH]c2ccccc12. The number of rotatable bonds is 2. The summed E-state index contributed by atoms with van der Waals surface area (Å²) in [7, 11) is 0. The number of fused-ring (bicyclic) bond motifs is 2. The second-order valence-corrected chi connectivity index (χ2v) is 6.70. The van der Waals surface area contributed by atoms with E-state index < -0.39 is 0 Å². The summed E-state index contributed by atoms with van der Waals surface area (Å²) in [6.07, 6.45) is 0. The van der Waals surface area contributed by atoms with Gasteiger partial charge in [-0.05, 0) is 17.7 Å². The van der Waals surface area contributed by atoms with Crippen LogP contribution in [0.25, 0.3) is 33.3 Å². The van der Waals surface area contributed by atoms with Gasteiger partial charge in [-0.2, -0.15) is 0 Å². The first-order chi connectivity index (χ1) is 13.2. The van der Waals surface area contributed by atoms with Crippen LogP contribution in [0.3, 0.4) is 0 Å². The molecule has 7 heteroatoms. The molecule has 7 nitrogen and oxygen atoms in total. The maximum Gasteiger partial charge on any atom is 0.261 e. The molecule has 2 aromatic carbocycles. The van der Waals surface area contributed by atoms with E-state index in [9.17, 15) is 4.79 Å². The lowest BCUT2D eigenvalue weighted by Gasteiger charge is -2.24. The van der Waals surface area contributed by atoms with Crippen LogP contribution < -0.4 is 16.6 Å². The van der Waals surface area contributed by atoms with E-state index >= 15 is 0 Å². The predicted octanol–water partition coefficient (Wildman–Crippen LogP) is 2.31. The van der Waals surface area contributed by atoms with Gasteiger partial charge in [0.25, 0.3) is 5.56 Å². The lowest BCUT2D eigenvalue weighted by molar-refractivity contribution is 0.0772. The third-order valence-corrected chi connectivity index (χ3v) is 5.04. The first kappa shape index (κ1) is 16.0. The molecule has 0 bridgehead atoms. The molecule has 1 unspecified atom stereocenters. The second kappa shape index (κ2) is 6.22. The van der Waals surface area contributed by atoms with Crippen LogP contribution in [-0.2, 0) is 4.74 Å². The maximum absolute atomic E-state index is 12.7. The van der Waals surface area contributed by atoms with Crippen LogP contribution in [0.5, 0.6) is 0 Å². The molecule has 1 fully saturated rings. The van der Waals surface area contributed by atoms with Crippen molar-refractivity contribution in [2.45, 2.75) is 6.04 Å². The molecule has 5 N–H and O–H groups in total. The van der Waals surface area contributed by atoms with Gasteiger partial charge in [0, 0.05) is 11.9 Å². The molecule has 1 aliphatic rings. The zero-order valence-electron chi connectivity index (χ0n) is 14.6. The normalized spacial score (nSPS) is 17.6. The minimum Gasteiger partial charge on any atom is -0.397 e. The first-order valence-corrected chi connectivity index (χ1v) is 8.93. The van der Waals surface area contributed by atoms with Crippen molar-refractivity contribution < 1.29 is 4.74 Å². The third kappa shape index (κ3) is 2.59.